The van der Waals surface area contributed by atoms with Crippen molar-refractivity contribution in [3.63, 3.8) is 0 Å². The van der Waals surface area contributed by atoms with Crippen LogP contribution in [0.25, 0.3) is 0 Å². The van der Waals surface area contributed by atoms with Crippen molar-refractivity contribution >= 4 is 23.3 Å². The van der Waals surface area contributed by atoms with E-state index in [-0.39, 0.29) is 19.1 Å². The lowest BCUT2D eigenvalue weighted by Gasteiger charge is -2.35. The molecule has 8 nitrogen and oxygen atoms in total. The van der Waals surface area contributed by atoms with E-state index in [1.807, 2.05) is 30.3 Å². The molecule has 0 saturated carbocycles. The van der Waals surface area contributed by atoms with Crippen LogP contribution in [0.5, 0.6) is 0 Å². The van der Waals surface area contributed by atoms with Crippen LogP contribution in [0.4, 0.5) is 5.69 Å². The molecule has 25 heavy (non-hydrogen) atoms. The maximum absolute atomic E-state index is 12.1. The first-order valence-corrected chi connectivity index (χ1v) is 8.00. The largest absolute Gasteiger partial charge is 0.461 e. The Morgan fingerprint density at radius 2 is 1.88 bits per heavy atom. The molecule has 1 aliphatic heterocycles. The number of amides is 1. The van der Waals surface area contributed by atoms with Gasteiger partial charge in [-0.3, -0.25) is 4.79 Å². The van der Waals surface area contributed by atoms with Crippen molar-refractivity contribution in [3.8, 4) is 6.07 Å². The minimum Gasteiger partial charge on any atom is -0.461 e. The predicted octanol–water partition coefficient (Wildman–Crippen LogP) is 0.794. The Labute approximate surface area is 146 Å². The van der Waals surface area contributed by atoms with Crippen LogP contribution in [0.2, 0.25) is 0 Å². The van der Waals surface area contributed by atoms with Gasteiger partial charge in [0, 0.05) is 31.9 Å². The second-order valence-electron chi connectivity index (χ2n) is 5.25. The number of hydrogen-bond donors (Lipinski definition) is 0. The summed E-state index contributed by atoms with van der Waals surface area (Å²) in [5, 5.41) is 12.2. The fourth-order valence-electron chi connectivity index (χ4n) is 2.40. The number of hydrogen-bond acceptors (Lipinski definition) is 7. The van der Waals surface area contributed by atoms with Gasteiger partial charge in [0.1, 0.15) is 6.07 Å². The number of oxime groups is 1. The van der Waals surface area contributed by atoms with E-state index < -0.39 is 11.7 Å². The van der Waals surface area contributed by atoms with Gasteiger partial charge in [0.15, 0.2) is 6.61 Å². The molecule has 0 aromatic heterocycles. The number of esters is 1. The van der Waals surface area contributed by atoms with Crippen LogP contribution < -0.4 is 4.90 Å². The second kappa shape index (κ2) is 9.27. The van der Waals surface area contributed by atoms with Crippen molar-refractivity contribution in [1.82, 2.24) is 4.90 Å². The van der Waals surface area contributed by atoms with Crippen LogP contribution >= 0.6 is 0 Å². The van der Waals surface area contributed by atoms with Gasteiger partial charge in [-0.1, -0.05) is 23.4 Å². The third kappa shape index (κ3) is 5.21. The quantitative estimate of drug-likeness (QED) is 0.430. The number of piperazine rings is 1. The fourth-order valence-corrected chi connectivity index (χ4v) is 2.40. The van der Waals surface area contributed by atoms with E-state index in [2.05, 4.69) is 14.8 Å². The van der Waals surface area contributed by atoms with Gasteiger partial charge in [-0.15, -0.1) is 0 Å². The van der Waals surface area contributed by atoms with Gasteiger partial charge in [-0.25, -0.2) is 4.79 Å². The number of ether oxygens (including phenoxy) is 1. The average molecular weight is 344 g/mol. The number of anilines is 1. The van der Waals surface area contributed by atoms with E-state index in [1.54, 1.807) is 17.9 Å². The molecular formula is C17H20N4O4. The molecule has 1 aliphatic rings. The Kier molecular flexibility index (Phi) is 6.77. The molecule has 0 bridgehead atoms. The van der Waals surface area contributed by atoms with Crippen LogP contribution in [0.1, 0.15) is 6.92 Å². The normalized spacial score (nSPS) is 14.6. The molecule has 1 saturated heterocycles. The van der Waals surface area contributed by atoms with Crippen LogP contribution in [0.3, 0.4) is 0 Å². The molecule has 0 spiro atoms. The summed E-state index contributed by atoms with van der Waals surface area (Å²) in [6, 6.07) is 11.6. The van der Waals surface area contributed by atoms with Crippen molar-refractivity contribution in [2.75, 3.05) is 44.3 Å². The van der Waals surface area contributed by atoms with Crippen molar-refractivity contribution < 1.29 is 19.2 Å². The Hall–Kier alpha value is -3.08. The summed E-state index contributed by atoms with van der Waals surface area (Å²) in [6.07, 6.45) is 0. The molecule has 132 valence electrons. The Balaban J connectivity index is 1.79. The van der Waals surface area contributed by atoms with E-state index in [0.717, 1.165) is 18.8 Å². The zero-order valence-electron chi connectivity index (χ0n) is 14.1. The van der Waals surface area contributed by atoms with Crippen molar-refractivity contribution in [3.05, 3.63) is 30.3 Å². The lowest BCUT2D eigenvalue weighted by Crippen LogP contribution is -2.49. The number of para-hydroxylation sites is 1. The SMILES string of the molecule is CCOC(=O)/C(C#N)=N\OCC(=O)N1CCN(c2ccccc2)CC1. The summed E-state index contributed by atoms with van der Waals surface area (Å²) in [5.41, 5.74) is 0.618. The summed E-state index contributed by atoms with van der Waals surface area (Å²) >= 11 is 0. The van der Waals surface area contributed by atoms with Gasteiger partial charge in [0.05, 0.1) is 6.61 Å². The van der Waals surface area contributed by atoms with E-state index in [4.69, 9.17) is 10.1 Å². The third-order valence-corrected chi connectivity index (χ3v) is 3.67. The number of carbonyl (C=O) groups excluding carboxylic acids is 2. The fraction of sp³-hybridized carbons (Fsp3) is 0.412. The van der Waals surface area contributed by atoms with Crippen molar-refractivity contribution in [2.24, 2.45) is 5.16 Å². The zero-order chi connectivity index (χ0) is 18.1. The Morgan fingerprint density at radius 3 is 2.48 bits per heavy atom. The highest BCUT2D eigenvalue weighted by atomic mass is 16.6. The first-order chi connectivity index (χ1) is 12.2. The predicted molar refractivity (Wildman–Crippen MR) is 90.9 cm³/mol. The number of nitrogens with zero attached hydrogens (tertiary/aromatic N) is 4. The molecule has 8 heteroatoms. The van der Waals surface area contributed by atoms with Crippen LogP contribution in [0.15, 0.2) is 35.5 Å². The lowest BCUT2D eigenvalue weighted by atomic mass is 10.2. The number of rotatable bonds is 6. The van der Waals surface area contributed by atoms with Gasteiger partial charge in [0.25, 0.3) is 11.6 Å². The van der Waals surface area contributed by atoms with Crippen molar-refractivity contribution in [2.45, 2.75) is 6.92 Å². The summed E-state index contributed by atoms with van der Waals surface area (Å²) in [7, 11) is 0. The van der Waals surface area contributed by atoms with Crippen molar-refractivity contribution in [1.29, 1.82) is 5.26 Å². The molecule has 0 unspecified atom stereocenters. The highest BCUT2D eigenvalue weighted by Crippen LogP contribution is 2.15. The minimum atomic E-state index is -0.867. The third-order valence-electron chi connectivity index (χ3n) is 3.67. The molecule has 1 amide bonds. The number of benzene rings is 1. The van der Waals surface area contributed by atoms with E-state index in [9.17, 15) is 9.59 Å². The van der Waals surface area contributed by atoms with Crippen LogP contribution in [0, 0.1) is 11.3 Å². The molecule has 0 radical (unpaired) electrons. The molecule has 2 rings (SSSR count). The Morgan fingerprint density at radius 1 is 1.20 bits per heavy atom. The highest BCUT2D eigenvalue weighted by molar-refractivity contribution is 6.42. The van der Waals surface area contributed by atoms with E-state index >= 15 is 0 Å². The summed E-state index contributed by atoms with van der Waals surface area (Å²) in [4.78, 5) is 32.2. The Bertz CT molecular complexity index is 661. The maximum atomic E-state index is 12.1. The number of carbonyl (C=O) groups is 2. The molecule has 1 heterocycles. The van der Waals surface area contributed by atoms with Crippen LogP contribution in [-0.2, 0) is 19.2 Å². The van der Waals surface area contributed by atoms with Gasteiger partial charge in [-0.05, 0) is 19.1 Å². The molecule has 0 N–H and O–H groups in total. The summed E-state index contributed by atoms with van der Waals surface area (Å²) < 4.78 is 4.65. The second-order valence-corrected chi connectivity index (χ2v) is 5.25. The highest BCUT2D eigenvalue weighted by Gasteiger charge is 2.22. The smallest absolute Gasteiger partial charge is 0.371 e. The lowest BCUT2D eigenvalue weighted by molar-refractivity contribution is -0.138. The summed E-state index contributed by atoms with van der Waals surface area (Å²) in [6.45, 7) is 4.02. The molecule has 0 aliphatic carbocycles. The topological polar surface area (TPSA) is 95.2 Å². The molecular weight excluding hydrogens is 324 g/mol. The molecule has 1 fully saturated rings. The van der Waals surface area contributed by atoms with Crippen LogP contribution in [-0.4, -0.2) is 61.9 Å². The average Bonchev–Trinajstić information content (AvgIpc) is 2.66. The zero-order valence-corrected chi connectivity index (χ0v) is 14.1. The molecule has 1 aromatic rings. The van der Waals surface area contributed by atoms with E-state index in [1.165, 1.54) is 0 Å². The van der Waals surface area contributed by atoms with Gasteiger partial charge in [-0.2, -0.15) is 5.26 Å². The molecule has 0 atom stereocenters. The standard InChI is InChI=1S/C17H20N4O4/c1-2-24-17(23)15(12-18)19-25-13-16(22)21-10-8-20(9-11-21)14-6-4-3-5-7-14/h3-7H,2,8-11,13H2,1H3/b19-15-. The van der Waals surface area contributed by atoms with Gasteiger partial charge >= 0.3 is 5.97 Å². The first-order valence-electron chi connectivity index (χ1n) is 8.00. The maximum Gasteiger partial charge on any atom is 0.371 e. The van der Waals surface area contributed by atoms with E-state index in [0.29, 0.717) is 13.1 Å². The van der Waals surface area contributed by atoms with Gasteiger partial charge < -0.3 is 19.4 Å². The first kappa shape index (κ1) is 18.3. The minimum absolute atomic E-state index is 0.129. The molecule has 1 aromatic carbocycles. The van der Waals surface area contributed by atoms with Gasteiger partial charge in [0.2, 0.25) is 0 Å². The monoisotopic (exact) mass is 344 g/mol. The number of nitriles is 1. The summed E-state index contributed by atoms with van der Waals surface area (Å²) in [5.74, 6) is -1.11.